The lowest BCUT2D eigenvalue weighted by Gasteiger charge is -2.42. The summed E-state index contributed by atoms with van der Waals surface area (Å²) < 4.78 is 0. The number of rotatable bonds is 7. The van der Waals surface area contributed by atoms with Gasteiger partial charge in [-0.25, -0.2) is 0 Å². The minimum absolute atomic E-state index is 0.494. The molecule has 1 aliphatic rings. The fourth-order valence-electron chi connectivity index (χ4n) is 3.49. The van der Waals surface area contributed by atoms with Crippen molar-refractivity contribution in [2.75, 3.05) is 18.1 Å². The highest BCUT2D eigenvalue weighted by molar-refractivity contribution is 7.99. The summed E-state index contributed by atoms with van der Waals surface area (Å²) >= 11 is 2.10. The molecule has 1 N–H and O–H groups in total. The Morgan fingerprint density at radius 3 is 2.47 bits per heavy atom. The molecule has 3 atom stereocenters. The topological polar surface area (TPSA) is 12.0 Å². The molecule has 0 radical (unpaired) electrons. The van der Waals surface area contributed by atoms with E-state index < -0.39 is 0 Å². The van der Waals surface area contributed by atoms with Gasteiger partial charge in [-0.3, -0.25) is 0 Å². The van der Waals surface area contributed by atoms with Crippen LogP contribution < -0.4 is 5.32 Å². The molecule has 2 heteroatoms. The van der Waals surface area contributed by atoms with Crippen LogP contribution in [-0.2, 0) is 0 Å². The number of thioether (sulfide) groups is 1. The van der Waals surface area contributed by atoms with Gasteiger partial charge in [0.2, 0.25) is 0 Å². The molecule has 114 valence electrons. The Labute approximate surface area is 125 Å². The Bertz CT molecular complexity index is 234. The van der Waals surface area contributed by atoms with Crippen LogP contribution in [0.25, 0.3) is 0 Å². The molecule has 1 rings (SSSR count). The van der Waals surface area contributed by atoms with Gasteiger partial charge >= 0.3 is 0 Å². The first-order chi connectivity index (χ1) is 8.99. The van der Waals surface area contributed by atoms with E-state index in [0.717, 1.165) is 24.4 Å². The van der Waals surface area contributed by atoms with Gasteiger partial charge in [-0.1, -0.05) is 34.6 Å². The normalized spacial score (nSPS) is 28.6. The molecule has 1 aliphatic carbocycles. The van der Waals surface area contributed by atoms with Crippen LogP contribution in [0, 0.1) is 17.3 Å². The Kier molecular flexibility index (Phi) is 7.83. The van der Waals surface area contributed by atoms with Crippen molar-refractivity contribution in [1.29, 1.82) is 0 Å². The zero-order chi connectivity index (χ0) is 14.3. The van der Waals surface area contributed by atoms with E-state index in [1.165, 1.54) is 43.6 Å². The third kappa shape index (κ3) is 6.08. The number of nitrogens with one attached hydrogen (secondary N) is 1. The van der Waals surface area contributed by atoms with Crippen molar-refractivity contribution in [3.63, 3.8) is 0 Å². The molecule has 0 spiro atoms. The molecular formula is C17H35NS. The Hall–Kier alpha value is 0.310. The van der Waals surface area contributed by atoms with Gasteiger partial charge in [0.1, 0.15) is 0 Å². The summed E-state index contributed by atoms with van der Waals surface area (Å²) in [6.45, 7) is 12.9. The Balaban J connectivity index is 2.48. The van der Waals surface area contributed by atoms with Crippen LogP contribution in [0.2, 0.25) is 0 Å². The second-order valence-corrected chi connectivity index (χ2v) is 8.53. The van der Waals surface area contributed by atoms with E-state index in [0.29, 0.717) is 5.41 Å². The lowest BCUT2D eigenvalue weighted by atomic mass is 9.66. The van der Waals surface area contributed by atoms with Crippen LogP contribution >= 0.6 is 11.8 Å². The molecule has 0 aromatic carbocycles. The van der Waals surface area contributed by atoms with Gasteiger partial charge in [0.05, 0.1) is 0 Å². The average molecular weight is 286 g/mol. The lowest BCUT2D eigenvalue weighted by molar-refractivity contribution is 0.110. The highest BCUT2D eigenvalue weighted by Gasteiger charge is 2.35. The molecule has 0 aliphatic heterocycles. The monoisotopic (exact) mass is 285 g/mol. The van der Waals surface area contributed by atoms with E-state index in [9.17, 15) is 0 Å². The first-order valence-corrected chi connectivity index (χ1v) is 9.45. The number of hydrogen-bond donors (Lipinski definition) is 1. The molecular weight excluding hydrogens is 250 g/mol. The summed E-state index contributed by atoms with van der Waals surface area (Å²) in [5, 5.41) is 3.74. The second kappa shape index (κ2) is 8.56. The van der Waals surface area contributed by atoms with E-state index in [4.69, 9.17) is 0 Å². The largest absolute Gasteiger partial charge is 0.314 e. The van der Waals surface area contributed by atoms with E-state index in [1.54, 1.807) is 0 Å². The summed E-state index contributed by atoms with van der Waals surface area (Å²) in [5.74, 6) is 4.46. The maximum atomic E-state index is 3.74. The molecule has 0 heterocycles. The average Bonchev–Trinajstić information content (AvgIpc) is 2.35. The van der Waals surface area contributed by atoms with Crippen LogP contribution in [0.15, 0.2) is 0 Å². The maximum Gasteiger partial charge on any atom is 0.00954 e. The van der Waals surface area contributed by atoms with Crippen LogP contribution in [0.4, 0.5) is 0 Å². The van der Waals surface area contributed by atoms with Gasteiger partial charge in [-0.05, 0) is 67.4 Å². The third-order valence-electron chi connectivity index (χ3n) is 4.74. The molecule has 1 fully saturated rings. The minimum Gasteiger partial charge on any atom is -0.314 e. The quantitative estimate of drug-likeness (QED) is 0.663. The van der Waals surface area contributed by atoms with Gasteiger partial charge < -0.3 is 5.32 Å². The molecule has 0 aromatic heterocycles. The first-order valence-electron chi connectivity index (χ1n) is 8.30. The van der Waals surface area contributed by atoms with Crippen LogP contribution in [0.5, 0.6) is 0 Å². The fraction of sp³-hybridized carbons (Fsp3) is 1.00. The van der Waals surface area contributed by atoms with Gasteiger partial charge in [0.15, 0.2) is 0 Å². The molecule has 1 nitrogen and oxygen atoms in total. The zero-order valence-electron chi connectivity index (χ0n) is 13.8. The molecule has 0 aromatic rings. The summed E-state index contributed by atoms with van der Waals surface area (Å²) in [4.78, 5) is 0. The number of hydrogen-bond acceptors (Lipinski definition) is 2. The van der Waals surface area contributed by atoms with Crippen LogP contribution in [-0.4, -0.2) is 24.1 Å². The molecule has 3 unspecified atom stereocenters. The predicted molar refractivity (Wildman–Crippen MR) is 90.0 cm³/mol. The Morgan fingerprint density at radius 1 is 1.16 bits per heavy atom. The van der Waals surface area contributed by atoms with Gasteiger partial charge in [0.25, 0.3) is 0 Å². The van der Waals surface area contributed by atoms with Gasteiger partial charge in [0, 0.05) is 6.04 Å². The molecule has 0 amide bonds. The standard InChI is InChI=1S/C17H35NS/c1-6-18-16-11-10-15(17(3,4)5)13-14(16)9-8-12-19-7-2/h14-16,18H,6-13H2,1-5H3. The van der Waals surface area contributed by atoms with Crippen molar-refractivity contribution >= 4 is 11.8 Å². The maximum absolute atomic E-state index is 3.74. The van der Waals surface area contributed by atoms with Crippen molar-refractivity contribution in [2.24, 2.45) is 17.3 Å². The van der Waals surface area contributed by atoms with E-state index in [-0.39, 0.29) is 0 Å². The van der Waals surface area contributed by atoms with Crippen LogP contribution in [0.1, 0.15) is 66.7 Å². The predicted octanol–water partition coefficient (Wildman–Crippen LogP) is 4.96. The zero-order valence-corrected chi connectivity index (χ0v) is 14.6. The second-order valence-electron chi connectivity index (χ2n) is 7.14. The molecule has 0 saturated heterocycles. The molecule has 19 heavy (non-hydrogen) atoms. The van der Waals surface area contributed by atoms with E-state index >= 15 is 0 Å². The third-order valence-corrected chi connectivity index (χ3v) is 5.73. The van der Waals surface area contributed by atoms with Crippen molar-refractivity contribution in [2.45, 2.75) is 72.8 Å². The van der Waals surface area contributed by atoms with Gasteiger partial charge in [-0.2, -0.15) is 11.8 Å². The van der Waals surface area contributed by atoms with Crippen LogP contribution in [0.3, 0.4) is 0 Å². The van der Waals surface area contributed by atoms with Gasteiger partial charge in [-0.15, -0.1) is 0 Å². The van der Waals surface area contributed by atoms with E-state index in [2.05, 4.69) is 51.7 Å². The Morgan fingerprint density at radius 2 is 1.89 bits per heavy atom. The SMILES string of the molecule is CCNC1CCC(C(C)(C)C)CC1CCCSCC. The van der Waals surface area contributed by atoms with Crippen molar-refractivity contribution in [3.05, 3.63) is 0 Å². The molecule has 0 bridgehead atoms. The highest BCUT2D eigenvalue weighted by atomic mass is 32.2. The summed E-state index contributed by atoms with van der Waals surface area (Å²) in [6, 6.07) is 0.787. The van der Waals surface area contributed by atoms with Crippen molar-refractivity contribution < 1.29 is 0 Å². The minimum atomic E-state index is 0.494. The fourth-order valence-corrected chi connectivity index (χ4v) is 4.15. The smallest absolute Gasteiger partial charge is 0.00954 e. The summed E-state index contributed by atoms with van der Waals surface area (Å²) in [5.41, 5.74) is 0.494. The lowest BCUT2D eigenvalue weighted by Crippen LogP contribution is -2.43. The van der Waals surface area contributed by atoms with Crippen molar-refractivity contribution in [1.82, 2.24) is 5.32 Å². The summed E-state index contributed by atoms with van der Waals surface area (Å²) in [7, 11) is 0. The van der Waals surface area contributed by atoms with E-state index in [1.807, 2.05) is 0 Å². The van der Waals surface area contributed by atoms with Crippen molar-refractivity contribution in [3.8, 4) is 0 Å². The first kappa shape index (κ1) is 17.4. The molecule has 1 saturated carbocycles. The highest BCUT2D eigenvalue weighted by Crippen LogP contribution is 2.41. The summed E-state index contributed by atoms with van der Waals surface area (Å²) in [6.07, 6.45) is 7.08.